The van der Waals surface area contributed by atoms with Crippen LogP contribution in [0.4, 0.5) is 0 Å². The number of ether oxygens (including phenoxy) is 2. The summed E-state index contributed by atoms with van der Waals surface area (Å²) in [5.41, 5.74) is 1.23. The summed E-state index contributed by atoms with van der Waals surface area (Å²) in [5.74, 6) is 0.648. The number of carboxylic acids is 1. The van der Waals surface area contributed by atoms with Crippen LogP contribution in [0.1, 0.15) is 34.3 Å². The van der Waals surface area contributed by atoms with Gasteiger partial charge in [-0.05, 0) is 36.8 Å². The number of amides is 1. The van der Waals surface area contributed by atoms with Gasteiger partial charge in [0.1, 0.15) is 11.5 Å². The highest BCUT2D eigenvalue weighted by molar-refractivity contribution is 5.93. The lowest BCUT2D eigenvalue weighted by Crippen LogP contribution is -2.30. The first-order valence-electron chi connectivity index (χ1n) is 8.78. The fourth-order valence-corrected chi connectivity index (χ4v) is 2.87. The molecule has 3 aromatic rings. The van der Waals surface area contributed by atoms with Crippen molar-refractivity contribution >= 4 is 11.9 Å². The molecule has 0 radical (unpaired) electrons. The topological polar surface area (TPSA) is 127 Å². The molecule has 29 heavy (non-hydrogen) atoms. The number of carbonyl (C=O) groups is 2. The normalized spacial score (nSPS) is 11.7. The largest absolute Gasteiger partial charge is 0.493 e. The highest BCUT2D eigenvalue weighted by atomic mass is 16.5. The number of aliphatic carboxylic acids is 1. The van der Waals surface area contributed by atoms with E-state index in [0.29, 0.717) is 28.5 Å². The molecule has 3 N–H and O–H groups in total. The summed E-state index contributed by atoms with van der Waals surface area (Å²) in [6, 6.07) is 9.29. The Kier molecular flexibility index (Phi) is 5.87. The number of hydrogen-bond donors (Lipinski definition) is 3. The summed E-state index contributed by atoms with van der Waals surface area (Å²) in [5, 5.41) is 18.7. The number of aromatic amines is 1. The maximum atomic E-state index is 12.7. The van der Waals surface area contributed by atoms with Crippen LogP contribution in [0.15, 0.2) is 40.8 Å². The minimum absolute atomic E-state index is 0.116. The summed E-state index contributed by atoms with van der Waals surface area (Å²) in [4.78, 5) is 24.0. The van der Waals surface area contributed by atoms with E-state index in [-0.39, 0.29) is 12.1 Å². The van der Waals surface area contributed by atoms with Crippen LogP contribution in [0.5, 0.6) is 11.5 Å². The van der Waals surface area contributed by atoms with E-state index in [2.05, 4.69) is 15.5 Å². The van der Waals surface area contributed by atoms with Gasteiger partial charge in [0.2, 0.25) is 0 Å². The molecule has 0 saturated carbocycles. The average molecular weight is 399 g/mol. The third-order valence-corrected chi connectivity index (χ3v) is 4.31. The Hall–Kier alpha value is -3.75. The lowest BCUT2D eigenvalue weighted by atomic mass is 10.0. The smallest absolute Gasteiger partial charge is 0.305 e. The standard InChI is InChI=1S/C20H21N3O6/c1-11-4-6-16(29-11)14-9-15(23-22-14)20(26)21-13(10-19(24)25)12-5-7-17(27-2)18(8-12)28-3/h4-9,13H,10H2,1-3H3,(H,21,26)(H,22,23)(H,24,25). The van der Waals surface area contributed by atoms with Crippen molar-refractivity contribution in [2.24, 2.45) is 0 Å². The highest BCUT2D eigenvalue weighted by Crippen LogP contribution is 2.31. The fourth-order valence-electron chi connectivity index (χ4n) is 2.87. The maximum Gasteiger partial charge on any atom is 0.305 e. The van der Waals surface area contributed by atoms with Crippen molar-refractivity contribution in [3.8, 4) is 23.0 Å². The number of benzene rings is 1. The molecule has 0 saturated heterocycles. The number of hydrogen-bond acceptors (Lipinski definition) is 6. The number of carbonyl (C=O) groups excluding carboxylic acids is 1. The fraction of sp³-hybridized carbons (Fsp3) is 0.250. The number of aryl methyl sites for hydroxylation is 1. The van der Waals surface area contributed by atoms with Gasteiger partial charge in [-0.1, -0.05) is 6.07 Å². The molecule has 1 unspecified atom stereocenters. The quantitative estimate of drug-likeness (QED) is 0.531. The van der Waals surface area contributed by atoms with Crippen molar-refractivity contribution in [1.29, 1.82) is 0 Å². The summed E-state index contributed by atoms with van der Waals surface area (Å²) >= 11 is 0. The first kappa shape index (κ1) is 20.0. The zero-order valence-electron chi connectivity index (χ0n) is 16.2. The number of nitrogens with one attached hydrogen (secondary N) is 2. The Bertz CT molecular complexity index is 1020. The van der Waals surface area contributed by atoms with E-state index in [1.54, 1.807) is 36.4 Å². The number of H-pyrrole nitrogens is 1. The van der Waals surface area contributed by atoms with E-state index in [9.17, 15) is 14.7 Å². The van der Waals surface area contributed by atoms with Gasteiger partial charge in [-0.15, -0.1) is 0 Å². The van der Waals surface area contributed by atoms with Crippen LogP contribution in [-0.4, -0.2) is 41.4 Å². The second-order valence-electron chi connectivity index (χ2n) is 6.32. The van der Waals surface area contributed by atoms with Gasteiger partial charge in [0.15, 0.2) is 23.0 Å². The second kappa shape index (κ2) is 8.51. The number of nitrogens with zero attached hydrogens (tertiary/aromatic N) is 1. The van der Waals surface area contributed by atoms with Gasteiger partial charge < -0.3 is 24.3 Å². The van der Waals surface area contributed by atoms with Gasteiger partial charge in [-0.25, -0.2) is 0 Å². The molecule has 0 aliphatic carbocycles. The van der Waals surface area contributed by atoms with E-state index in [1.807, 2.05) is 6.92 Å². The van der Waals surface area contributed by atoms with Crippen LogP contribution in [0.25, 0.3) is 11.5 Å². The lowest BCUT2D eigenvalue weighted by Gasteiger charge is -2.18. The maximum absolute atomic E-state index is 12.7. The van der Waals surface area contributed by atoms with Crippen LogP contribution in [0, 0.1) is 6.92 Å². The first-order chi connectivity index (χ1) is 13.9. The highest BCUT2D eigenvalue weighted by Gasteiger charge is 2.22. The van der Waals surface area contributed by atoms with Crippen LogP contribution in [-0.2, 0) is 4.79 Å². The molecule has 9 heteroatoms. The van der Waals surface area contributed by atoms with E-state index >= 15 is 0 Å². The van der Waals surface area contributed by atoms with Gasteiger partial charge in [0.05, 0.1) is 26.7 Å². The van der Waals surface area contributed by atoms with Gasteiger partial charge in [0, 0.05) is 6.07 Å². The Morgan fingerprint density at radius 2 is 1.93 bits per heavy atom. The molecular formula is C20H21N3O6. The summed E-state index contributed by atoms with van der Waals surface area (Å²) < 4.78 is 16.0. The second-order valence-corrected chi connectivity index (χ2v) is 6.32. The minimum atomic E-state index is -1.06. The molecular weight excluding hydrogens is 378 g/mol. The average Bonchev–Trinajstić information content (AvgIpc) is 3.35. The molecule has 0 aliphatic rings. The van der Waals surface area contributed by atoms with Crippen LogP contribution < -0.4 is 14.8 Å². The van der Waals surface area contributed by atoms with Crippen molar-refractivity contribution < 1.29 is 28.6 Å². The molecule has 2 heterocycles. The third kappa shape index (κ3) is 4.57. The first-order valence-corrected chi connectivity index (χ1v) is 8.78. The summed E-state index contributed by atoms with van der Waals surface area (Å²) in [7, 11) is 2.98. The van der Waals surface area contributed by atoms with Gasteiger partial charge in [-0.3, -0.25) is 14.7 Å². The molecule has 3 rings (SSSR count). The SMILES string of the molecule is COc1ccc(C(CC(=O)O)NC(=O)c2cc(-c3ccc(C)o3)[nH]n2)cc1OC. The Labute approximate surface area is 166 Å². The van der Waals surface area contributed by atoms with Gasteiger partial charge in [-0.2, -0.15) is 5.10 Å². The molecule has 0 bridgehead atoms. The molecule has 1 amide bonds. The van der Waals surface area contributed by atoms with Crippen LogP contribution in [0.2, 0.25) is 0 Å². The van der Waals surface area contributed by atoms with Gasteiger partial charge in [0.25, 0.3) is 5.91 Å². The molecule has 0 fully saturated rings. The molecule has 152 valence electrons. The predicted octanol–water partition coefficient (Wildman–Crippen LogP) is 2.94. The zero-order chi connectivity index (χ0) is 21.0. The van der Waals surface area contributed by atoms with E-state index in [4.69, 9.17) is 13.9 Å². The Morgan fingerprint density at radius 1 is 1.17 bits per heavy atom. The lowest BCUT2D eigenvalue weighted by molar-refractivity contribution is -0.137. The minimum Gasteiger partial charge on any atom is -0.493 e. The molecule has 0 aliphatic heterocycles. The van der Waals surface area contributed by atoms with Crippen LogP contribution >= 0.6 is 0 Å². The molecule has 2 aromatic heterocycles. The number of aromatic nitrogens is 2. The monoisotopic (exact) mass is 399 g/mol. The van der Waals surface area contributed by atoms with Crippen molar-refractivity contribution in [2.75, 3.05) is 14.2 Å². The van der Waals surface area contributed by atoms with Crippen molar-refractivity contribution in [3.63, 3.8) is 0 Å². The number of methoxy groups -OCH3 is 2. The van der Waals surface area contributed by atoms with E-state index in [1.165, 1.54) is 14.2 Å². The third-order valence-electron chi connectivity index (χ3n) is 4.31. The zero-order valence-corrected chi connectivity index (χ0v) is 16.2. The van der Waals surface area contributed by atoms with Crippen molar-refractivity contribution in [2.45, 2.75) is 19.4 Å². The summed E-state index contributed by atoms with van der Waals surface area (Å²) in [6.07, 6.45) is -0.310. The molecule has 0 spiro atoms. The van der Waals surface area contributed by atoms with Gasteiger partial charge >= 0.3 is 5.97 Å². The number of carboxylic acid groups (broad SMARTS) is 1. The van der Waals surface area contributed by atoms with Crippen molar-refractivity contribution in [1.82, 2.24) is 15.5 Å². The number of rotatable bonds is 8. The number of furan rings is 1. The van der Waals surface area contributed by atoms with Crippen molar-refractivity contribution in [3.05, 3.63) is 53.4 Å². The molecule has 1 aromatic carbocycles. The summed E-state index contributed by atoms with van der Waals surface area (Å²) in [6.45, 7) is 1.81. The van der Waals surface area contributed by atoms with E-state index < -0.39 is 17.9 Å². The Balaban J connectivity index is 1.82. The van der Waals surface area contributed by atoms with E-state index in [0.717, 1.165) is 5.76 Å². The Morgan fingerprint density at radius 3 is 2.55 bits per heavy atom. The predicted molar refractivity (Wildman–Crippen MR) is 103 cm³/mol. The van der Waals surface area contributed by atoms with Crippen LogP contribution in [0.3, 0.4) is 0 Å². The molecule has 1 atom stereocenters. The molecule has 9 nitrogen and oxygen atoms in total.